The van der Waals surface area contributed by atoms with E-state index in [0.29, 0.717) is 5.06 Å². The largest absolute Gasteiger partial charge is 0.544 e. The molecular weight excluding hydrogens is 151 g/mol. The molecule has 0 fully saturated rings. The molecule has 1 heterocycles. The van der Waals surface area contributed by atoms with Crippen molar-refractivity contribution in [3.8, 4) is 0 Å². The third-order valence-electron chi connectivity index (χ3n) is 0.746. The molecule has 0 aromatic rings. The summed E-state index contributed by atoms with van der Waals surface area (Å²) in [5.41, 5.74) is 0. The molecule has 0 aromatic carbocycles. The Morgan fingerprint density at radius 1 is 1.50 bits per heavy atom. The molecule has 0 radical (unpaired) electrons. The first-order valence-electron chi connectivity index (χ1n) is 2.39. The Bertz CT molecular complexity index is 144. The van der Waals surface area contributed by atoms with Crippen molar-refractivity contribution in [2.45, 2.75) is 6.36 Å². The second-order valence-corrected chi connectivity index (χ2v) is 1.54. The van der Waals surface area contributed by atoms with Crippen LogP contribution in [0.5, 0.6) is 0 Å². The zero-order valence-electron chi connectivity index (χ0n) is 4.76. The van der Waals surface area contributed by atoms with Gasteiger partial charge in [-0.3, -0.25) is 0 Å². The van der Waals surface area contributed by atoms with Crippen molar-refractivity contribution >= 4 is 0 Å². The summed E-state index contributed by atoms with van der Waals surface area (Å²) in [6.07, 6.45) is -2.47. The minimum Gasteiger partial charge on any atom is -0.477 e. The maximum absolute atomic E-state index is 11.4. The van der Waals surface area contributed by atoms with Crippen LogP contribution in [-0.2, 0) is 9.57 Å². The number of rotatable bonds is 1. The van der Waals surface area contributed by atoms with Crippen LogP contribution in [0.3, 0.4) is 0 Å². The molecule has 10 heavy (non-hydrogen) atoms. The van der Waals surface area contributed by atoms with Crippen LogP contribution in [0.1, 0.15) is 0 Å². The lowest BCUT2D eigenvalue weighted by Gasteiger charge is -2.14. The van der Waals surface area contributed by atoms with E-state index in [0.717, 1.165) is 12.5 Å². The summed E-state index contributed by atoms with van der Waals surface area (Å²) in [7, 11) is 0. The third kappa shape index (κ3) is 2.14. The first-order valence-corrected chi connectivity index (χ1v) is 2.39. The second kappa shape index (κ2) is 2.37. The predicted octanol–water partition coefficient (Wildman–Crippen LogP) is 1.20. The summed E-state index contributed by atoms with van der Waals surface area (Å²) in [4.78, 5) is 3.42. The SMILES string of the molecule is FC(F)(F)ON1C=COC1. The number of ether oxygens (including phenoxy) is 1. The molecule has 0 spiro atoms. The van der Waals surface area contributed by atoms with Gasteiger partial charge in [-0.1, -0.05) is 0 Å². The molecule has 0 aromatic heterocycles. The van der Waals surface area contributed by atoms with Crippen molar-refractivity contribution in [1.82, 2.24) is 5.06 Å². The lowest BCUT2D eigenvalue weighted by atomic mass is 11.0. The fourth-order valence-electron chi connectivity index (χ4n) is 0.460. The average molecular weight is 155 g/mol. The minimum atomic E-state index is -4.64. The molecule has 0 saturated carbocycles. The summed E-state index contributed by atoms with van der Waals surface area (Å²) in [6, 6.07) is 0. The Morgan fingerprint density at radius 3 is 2.60 bits per heavy atom. The van der Waals surface area contributed by atoms with Gasteiger partial charge in [-0.05, 0) is 0 Å². The van der Waals surface area contributed by atoms with E-state index in [2.05, 4.69) is 9.57 Å². The molecule has 6 heteroatoms. The fourth-order valence-corrected chi connectivity index (χ4v) is 0.460. The van der Waals surface area contributed by atoms with Crippen LogP contribution >= 0.6 is 0 Å². The Balaban J connectivity index is 2.31. The van der Waals surface area contributed by atoms with Crippen molar-refractivity contribution in [3.63, 3.8) is 0 Å². The Hall–Kier alpha value is -0.910. The Morgan fingerprint density at radius 2 is 2.20 bits per heavy atom. The molecule has 0 unspecified atom stereocenters. The molecule has 1 aliphatic rings. The zero-order chi connectivity index (χ0) is 7.61. The van der Waals surface area contributed by atoms with Crippen molar-refractivity contribution in [1.29, 1.82) is 0 Å². The molecule has 0 aliphatic carbocycles. The van der Waals surface area contributed by atoms with Gasteiger partial charge in [0.2, 0.25) is 0 Å². The maximum Gasteiger partial charge on any atom is 0.544 e. The molecule has 3 nitrogen and oxygen atoms in total. The molecule has 0 saturated heterocycles. The molecule has 0 atom stereocenters. The second-order valence-electron chi connectivity index (χ2n) is 1.54. The van der Waals surface area contributed by atoms with E-state index in [1.165, 1.54) is 0 Å². The third-order valence-corrected chi connectivity index (χ3v) is 0.746. The van der Waals surface area contributed by atoms with E-state index in [1.54, 1.807) is 0 Å². The van der Waals surface area contributed by atoms with Crippen LogP contribution in [0.25, 0.3) is 0 Å². The van der Waals surface area contributed by atoms with E-state index in [1.807, 2.05) is 0 Å². The van der Waals surface area contributed by atoms with Crippen LogP contribution in [-0.4, -0.2) is 18.2 Å². The fraction of sp³-hybridized carbons (Fsp3) is 0.500. The van der Waals surface area contributed by atoms with Gasteiger partial charge in [-0.15, -0.1) is 13.2 Å². The van der Waals surface area contributed by atoms with Gasteiger partial charge in [0.1, 0.15) is 6.26 Å². The molecule has 1 rings (SSSR count). The van der Waals surface area contributed by atoms with E-state index >= 15 is 0 Å². The van der Waals surface area contributed by atoms with Crippen molar-refractivity contribution < 1.29 is 22.7 Å². The van der Waals surface area contributed by atoms with Gasteiger partial charge in [0, 0.05) is 0 Å². The van der Waals surface area contributed by atoms with Crippen molar-refractivity contribution in [2.75, 3.05) is 6.73 Å². The van der Waals surface area contributed by atoms with Gasteiger partial charge >= 0.3 is 6.36 Å². The first kappa shape index (κ1) is 7.20. The first-order chi connectivity index (χ1) is 4.58. The van der Waals surface area contributed by atoms with Gasteiger partial charge in [-0.2, -0.15) is 4.84 Å². The van der Waals surface area contributed by atoms with Crippen LogP contribution in [0, 0.1) is 0 Å². The van der Waals surface area contributed by atoms with Crippen molar-refractivity contribution in [3.05, 3.63) is 12.5 Å². The van der Waals surface area contributed by atoms with E-state index < -0.39 is 6.36 Å². The van der Waals surface area contributed by atoms with Gasteiger partial charge < -0.3 is 4.74 Å². The normalized spacial score (nSPS) is 17.7. The van der Waals surface area contributed by atoms with Crippen LogP contribution < -0.4 is 0 Å². The van der Waals surface area contributed by atoms with Gasteiger partial charge in [0.15, 0.2) is 6.73 Å². The maximum atomic E-state index is 11.4. The standard InChI is InChI=1S/C4H4F3NO2/c5-4(6,7)10-8-1-2-9-3-8/h1-2H,3H2. The Labute approximate surface area is 54.6 Å². The minimum absolute atomic E-state index is 0.223. The number of hydrogen-bond donors (Lipinski definition) is 0. The van der Waals surface area contributed by atoms with Crippen LogP contribution in [0.4, 0.5) is 13.2 Å². The highest BCUT2D eigenvalue weighted by atomic mass is 19.4. The van der Waals surface area contributed by atoms with Crippen molar-refractivity contribution in [2.24, 2.45) is 0 Å². The van der Waals surface area contributed by atoms with Crippen LogP contribution in [0.2, 0.25) is 0 Å². The molecule has 0 N–H and O–H groups in total. The number of halogens is 3. The summed E-state index contributed by atoms with van der Waals surface area (Å²) in [6.45, 7) is -0.223. The lowest BCUT2D eigenvalue weighted by molar-refractivity contribution is -0.406. The molecular formula is C4H4F3NO2. The highest BCUT2D eigenvalue weighted by Gasteiger charge is 2.33. The smallest absolute Gasteiger partial charge is 0.477 e. The van der Waals surface area contributed by atoms with E-state index in [4.69, 9.17) is 0 Å². The molecule has 58 valence electrons. The number of nitrogens with zero attached hydrogens (tertiary/aromatic N) is 1. The monoisotopic (exact) mass is 155 g/mol. The summed E-state index contributed by atoms with van der Waals surface area (Å²) < 4.78 is 38.5. The zero-order valence-corrected chi connectivity index (χ0v) is 4.76. The molecule has 0 amide bonds. The lowest BCUT2D eigenvalue weighted by Crippen LogP contribution is -2.26. The summed E-state index contributed by atoms with van der Waals surface area (Å²) >= 11 is 0. The number of hydroxylamine groups is 2. The highest BCUT2D eigenvalue weighted by Crippen LogP contribution is 2.19. The van der Waals surface area contributed by atoms with Gasteiger partial charge in [0.05, 0.1) is 6.20 Å². The Kier molecular flexibility index (Phi) is 1.71. The summed E-state index contributed by atoms with van der Waals surface area (Å²) in [5.74, 6) is 0. The highest BCUT2D eigenvalue weighted by molar-refractivity contribution is 4.73. The predicted molar refractivity (Wildman–Crippen MR) is 24.1 cm³/mol. The topological polar surface area (TPSA) is 21.7 Å². The molecule has 0 bridgehead atoms. The quantitative estimate of drug-likeness (QED) is 0.567. The van der Waals surface area contributed by atoms with Crippen LogP contribution in [0.15, 0.2) is 12.5 Å². The van der Waals surface area contributed by atoms with Gasteiger partial charge in [-0.25, -0.2) is 5.06 Å². The number of alkyl halides is 3. The summed E-state index contributed by atoms with van der Waals surface area (Å²) in [5, 5.41) is 0.542. The number of hydrogen-bond acceptors (Lipinski definition) is 3. The van der Waals surface area contributed by atoms with E-state index in [9.17, 15) is 13.2 Å². The average Bonchev–Trinajstić information content (AvgIpc) is 2.12. The van der Waals surface area contributed by atoms with Gasteiger partial charge in [0.25, 0.3) is 0 Å². The van der Waals surface area contributed by atoms with E-state index in [-0.39, 0.29) is 6.73 Å². The molecule has 1 aliphatic heterocycles.